The fourth-order valence-electron chi connectivity index (χ4n) is 3.52. The molecule has 0 radical (unpaired) electrons. The van der Waals surface area contributed by atoms with Crippen LogP contribution in [0.5, 0.6) is 0 Å². The number of hydrogen-bond acceptors (Lipinski definition) is 8. The Morgan fingerprint density at radius 3 is 2.75 bits per heavy atom. The van der Waals surface area contributed by atoms with E-state index in [9.17, 15) is 0 Å². The molecule has 0 amide bonds. The van der Waals surface area contributed by atoms with Crippen LogP contribution in [0, 0.1) is 0 Å². The summed E-state index contributed by atoms with van der Waals surface area (Å²) < 4.78 is 2.09. The van der Waals surface area contributed by atoms with Crippen molar-refractivity contribution >= 4 is 39.5 Å². The molecule has 0 atom stereocenters. The average Bonchev–Trinajstić information content (AvgIpc) is 3.19. The van der Waals surface area contributed by atoms with Gasteiger partial charge in [-0.1, -0.05) is 0 Å². The van der Waals surface area contributed by atoms with Crippen LogP contribution >= 0.6 is 0 Å². The van der Waals surface area contributed by atoms with Crippen LogP contribution in [-0.4, -0.2) is 55.9 Å². The summed E-state index contributed by atoms with van der Waals surface area (Å²) in [6, 6.07) is 7.89. The van der Waals surface area contributed by atoms with Crippen molar-refractivity contribution in [2.24, 2.45) is 0 Å². The molecular weight excluding hydrogens is 354 g/mol. The number of aryl methyl sites for hydroxylation is 1. The van der Waals surface area contributed by atoms with E-state index in [4.69, 9.17) is 4.98 Å². The topological polar surface area (TPSA) is 96.7 Å². The maximum absolute atomic E-state index is 4.72. The van der Waals surface area contributed by atoms with E-state index in [1.54, 1.807) is 0 Å². The summed E-state index contributed by atoms with van der Waals surface area (Å²) in [6.45, 7) is 6.74. The van der Waals surface area contributed by atoms with Gasteiger partial charge in [0.15, 0.2) is 11.6 Å². The van der Waals surface area contributed by atoms with Crippen molar-refractivity contribution in [1.82, 2.24) is 35.0 Å². The van der Waals surface area contributed by atoms with Crippen molar-refractivity contribution in [1.29, 1.82) is 0 Å². The van der Waals surface area contributed by atoms with Crippen molar-refractivity contribution in [3.8, 4) is 0 Å². The molecule has 142 valence electrons. The molecule has 2 N–H and O–H groups in total. The van der Waals surface area contributed by atoms with Gasteiger partial charge in [0.1, 0.15) is 5.52 Å². The highest BCUT2D eigenvalue weighted by Crippen LogP contribution is 2.24. The number of imidazole rings is 1. The van der Waals surface area contributed by atoms with E-state index in [-0.39, 0.29) is 0 Å². The number of fused-ring (bicyclic) bond motifs is 3. The van der Waals surface area contributed by atoms with Crippen LogP contribution in [-0.2, 0) is 6.54 Å². The van der Waals surface area contributed by atoms with E-state index >= 15 is 0 Å². The van der Waals surface area contributed by atoms with E-state index in [0.29, 0.717) is 11.8 Å². The minimum atomic E-state index is 0.494. The number of anilines is 3. The van der Waals surface area contributed by atoms with Gasteiger partial charge in [0.25, 0.3) is 0 Å². The molecule has 0 bridgehead atoms. The highest BCUT2D eigenvalue weighted by Gasteiger charge is 2.13. The summed E-state index contributed by atoms with van der Waals surface area (Å²) in [7, 11) is 0. The highest BCUT2D eigenvalue weighted by molar-refractivity contribution is 6.01. The molecule has 28 heavy (non-hydrogen) atoms. The van der Waals surface area contributed by atoms with Gasteiger partial charge in [-0.15, -0.1) is 10.2 Å². The molecular formula is C19H21N9. The molecule has 1 saturated heterocycles. The van der Waals surface area contributed by atoms with Crippen LogP contribution in [0.4, 0.5) is 17.6 Å². The van der Waals surface area contributed by atoms with E-state index in [1.807, 2.05) is 36.8 Å². The zero-order valence-electron chi connectivity index (χ0n) is 15.6. The molecule has 0 saturated carbocycles. The van der Waals surface area contributed by atoms with Crippen molar-refractivity contribution in [2.45, 2.75) is 13.5 Å². The lowest BCUT2D eigenvalue weighted by Crippen LogP contribution is -2.43. The molecule has 9 heteroatoms. The van der Waals surface area contributed by atoms with Gasteiger partial charge < -0.3 is 20.1 Å². The van der Waals surface area contributed by atoms with Gasteiger partial charge in [-0.3, -0.25) is 0 Å². The Balaban J connectivity index is 1.44. The maximum atomic E-state index is 4.72. The van der Waals surface area contributed by atoms with Crippen molar-refractivity contribution in [2.75, 3.05) is 36.4 Å². The fraction of sp³-hybridized carbons (Fsp3) is 0.316. The molecule has 4 aromatic rings. The Morgan fingerprint density at radius 1 is 1.07 bits per heavy atom. The second-order valence-corrected chi connectivity index (χ2v) is 6.73. The van der Waals surface area contributed by atoms with Crippen LogP contribution in [0.1, 0.15) is 6.92 Å². The third-order valence-corrected chi connectivity index (χ3v) is 5.00. The van der Waals surface area contributed by atoms with Crippen molar-refractivity contribution in [3.05, 3.63) is 36.8 Å². The number of piperazine rings is 1. The lowest BCUT2D eigenvalue weighted by Gasteiger charge is -2.27. The first-order valence-electron chi connectivity index (χ1n) is 9.49. The molecule has 3 aromatic heterocycles. The van der Waals surface area contributed by atoms with Gasteiger partial charge >= 0.3 is 0 Å². The Bertz CT molecular complexity index is 1110. The lowest BCUT2D eigenvalue weighted by atomic mass is 10.2. The van der Waals surface area contributed by atoms with Gasteiger partial charge in [0, 0.05) is 44.3 Å². The van der Waals surface area contributed by atoms with Crippen molar-refractivity contribution in [3.63, 3.8) is 0 Å². The van der Waals surface area contributed by atoms with Crippen LogP contribution < -0.4 is 15.5 Å². The van der Waals surface area contributed by atoms with Gasteiger partial charge in [0.05, 0.1) is 17.4 Å². The first kappa shape index (κ1) is 16.8. The SMILES string of the molecule is CCn1cnc2ccc3cnc(Nc4ccc(N5CCNCC5)nn4)nc3c21. The average molecular weight is 375 g/mol. The Labute approximate surface area is 161 Å². The number of rotatable bonds is 4. The summed E-state index contributed by atoms with van der Waals surface area (Å²) in [4.78, 5) is 15.8. The predicted molar refractivity (Wildman–Crippen MR) is 109 cm³/mol. The second kappa shape index (κ2) is 7.01. The van der Waals surface area contributed by atoms with E-state index in [2.05, 4.69) is 47.2 Å². The third-order valence-electron chi connectivity index (χ3n) is 5.00. The molecule has 5 rings (SSSR count). The Kier molecular flexibility index (Phi) is 4.21. The molecule has 1 aliphatic rings. The molecule has 9 nitrogen and oxygen atoms in total. The number of aromatic nitrogens is 6. The standard InChI is InChI=1S/C19H21N9/c1-2-27-12-22-14-4-3-13-11-21-19(24-17(13)18(14)27)23-15-5-6-16(26-25-15)28-9-7-20-8-10-28/h3-6,11-12,20H,2,7-10H2,1H3,(H,21,23,24,25). The van der Waals surface area contributed by atoms with Gasteiger partial charge in [0.2, 0.25) is 5.95 Å². The zero-order valence-corrected chi connectivity index (χ0v) is 15.6. The Morgan fingerprint density at radius 2 is 1.96 bits per heavy atom. The summed E-state index contributed by atoms with van der Waals surface area (Å²) in [5, 5.41) is 16.1. The first-order chi connectivity index (χ1) is 13.8. The number of benzene rings is 1. The van der Waals surface area contributed by atoms with Crippen LogP contribution in [0.3, 0.4) is 0 Å². The molecule has 1 aliphatic heterocycles. The van der Waals surface area contributed by atoms with Crippen LogP contribution in [0.2, 0.25) is 0 Å². The van der Waals surface area contributed by atoms with E-state index in [0.717, 1.165) is 60.5 Å². The van der Waals surface area contributed by atoms with E-state index in [1.165, 1.54) is 0 Å². The predicted octanol–water partition coefficient (Wildman–Crippen LogP) is 1.94. The zero-order chi connectivity index (χ0) is 18.9. The van der Waals surface area contributed by atoms with Gasteiger partial charge in [-0.2, -0.15) is 0 Å². The largest absolute Gasteiger partial charge is 0.353 e. The molecule has 1 aromatic carbocycles. The minimum Gasteiger partial charge on any atom is -0.353 e. The molecule has 1 fully saturated rings. The molecule has 4 heterocycles. The van der Waals surface area contributed by atoms with E-state index < -0.39 is 0 Å². The Hall–Kier alpha value is -3.33. The summed E-state index contributed by atoms with van der Waals surface area (Å²) in [6.07, 6.45) is 3.67. The number of hydrogen-bond donors (Lipinski definition) is 2. The highest BCUT2D eigenvalue weighted by atomic mass is 15.3. The second-order valence-electron chi connectivity index (χ2n) is 6.73. The molecule has 0 spiro atoms. The third kappa shape index (κ3) is 2.99. The van der Waals surface area contributed by atoms with Crippen LogP contribution in [0.25, 0.3) is 21.9 Å². The molecule has 0 unspecified atom stereocenters. The quantitative estimate of drug-likeness (QED) is 0.559. The molecule has 0 aliphatic carbocycles. The minimum absolute atomic E-state index is 0.494. The normalized spacial score (nSPS) is 14.7. The van der Waals surface area contributed by atoms with Crippen molar-refractivity contribution < 1.29 is 0 Å². The number of nitrogens with one attached hydrogen (secondary N) is 2. The first-order valence-corrected chi connectivity index (χ1v) is 9.49. The summed E-state index contributed by atoms with van der Waals surface area (Å²) in [5.74, 6) is 2.00. The summed E-state index contributed by atoms with van der Waals surface area (Å²) in [5.41, 5.74) is 2.82. The van der Waals surface area contributed by atoms with Gasteiger partial charge in [-0.25, -0.2) is 15.0 Å². The monoisotopic (exact) mass is 375 g/mol. The number of nitrogens with zero attached hydrogens (tertiary/aromatic N) is 7. The van der Waals surface area contributed by atoms with Gasteiger partial charge in [-0.05, 0) is 31.2 Å². The lowest BCUT2D eigenvalue weighted by molar-refractivity contribution is 0.583. The fourth-order valence-corrected chi connectivity index (χ4v) is 3.52. The van der Waals surface area contributed by atoms with Crippen LogP contribution in [0.15, 0.2) is 36.8 Å². The summed E-state index contributed by atoms with van der Waals surface area (Å²) >= 11 is 0. The maximum Gasteiger partial charge on any atom is 0.229 e. The smallest absolute Gasteiger partial charge is 0.229 e.